The van der Waals surface area contributed by atoms with Crippen molar-refractivity contribution in [2.24, 2.45) is 0 Å². The number of nitrogen functional groups attached to an aromatic ring is 2. The molecular weight excluding hydrogens is 300 g/mol. The molecule has 0 radical (unpaired) electrons. The quantitative estimate of drug-likeness (QED) is 0.571. The molecule has 0 spiro atoms. The molecule has 0 aliphatic heterocycles. The molecule has 0 unspecified atom stereocenters. The second-order valence-corrected chi connectivity index (χ2v) is 5.38. The molecule has 3 aromatic carbocycles. The molecule has 118 valence electrons. The molecule has 4 nitrogen and oxygen atoms in total. The van der Waals surface area contributed by atoms with Gasteiger partial charge < -0.3 is 11.5 Å². The van der Waals surface area contributed by atoms with E-state index in [9.17, 15) is 9.59 Å². The van der Waals surface area contributed by atoms with Gasteiger partial charge in [-0.3, -0.25) is 9.59 Å². The van der Waals surface area contributed by atoms with Crippen molar-refractivity contribution in [1.29, 1.82) is 0 Å². The van der Waals surface area contributed by atoms with Crippen LogP contribution in [-0.4, -0.2) is 11.6 Å². The van der Waals surface area contributed by atoms with E-state index in [0.29, 0.717) is 11.1 Å². The Labute approximate surface area is 139 Å². The number of ketones is 2. The van der Waals surface area contributed by atoms with Crippen LogP contribution in [0.25, 0.3) is 0 Å². The zero-order valence-electron chi connectivity index (χ0n) is 12.9. The second-order valence-electron chi connectivity index (χ2n) is 5.38. The maximum atomic E-state index is 12.9. The van der Waals surface area contributed by atoms with Gasteiger partial charge in [-0.1, -0.05) is 60.7 Å². The Morgan fingerprint density at radius 3 is 1.67 bits per heavy atom. The lowest BCUT2D eigenvalue weighted by Crippen LogP contribution is -2.15. The maximum absolute atomic E-state index is 12.9. The Balaban J connectivity index is 2.16. The summed E-state index contributed by atoms with van der Waals surface area (Å²) in [5.41, 5.74) is 13.6. The van der Waals surface area contributed by atoms with Crippen molar-refractivity contribution in [3.8, 4) is 0 Å². The van der Waals surface area contributed by atoms with E-state index in [1.165, 1.54) is 0 Å². The molecule has 0 heterocycles. The summed E-state index contributed by atoms with van der Waals surface area (Å²) in [6.07, 6.45) is 0. The van der Waals surface area contributed by atoms with Crippen LogP contribution >= 0.6 is 0 Å². The van der Waals surface area contributed by atoms with Gasteiger partial charge in [0.05, 0.1) is 16.9 Å². The molecule has 3 rings (SSSR count). The molecule has 0 amide bonds. The lowest BCUT2D eigenvalue weighted by molar-refractivity contribution is 0.100. The zero-order chi connectivity index (χ0) is 17.1. The smallest absolute Gasteiger partial charge is 0.195 e. The Bertz CT molecular complexity index is 904. The van der Waals surface area contributed by atoms with Gasteiger partial charge in [0.1, 0.15) is 0 Å². The molecular formula is C20H16N2O2. The van der Waals surface area contributed by atoms with E-state index in [-0.39, 0.29) is 34.1 Å². The van der Waals surface area contributed by atoms with E-state index in [0.717, 1.165) is 0 Å². The molecule has 0 aliphatic carbocycles. The second kappa shape index (κ2) is 6.38. The van der Waals surface area contributed by atoms with E-state index in [4.69, 9.17) is 11.5 Å². The van der Waals surface area contributed by atoms with E-state index in [1.54, 1.807) is 60.7 Å². The van der Waals surface area contributed by atoms with Crippen molar-refractivity contribution in [2.75, 3.05) is 11.5 Å². The molecule has 0 aliphatic rings. The summed E-state index contributed by atoms with van der Waals surface area (Å²) in [7, 11) is 0. The number of carbonyl (C=O) groups is 2. The highest BCUT2D eigenvalue weighted by Gasteiger charge is 2.23. The fourth-order valence-corrected chi connectivity index (χ4v) is 2.55. The number of benzene rings is 3. The van der Waals surface area contributed by atoms with Crippen molar-refractivity contribution in [3.63, 3.8) is 0 Å². The molecule has 0 atom stereocenters. The van der Waals surface area contributed by atoms with Gasteiger partial charge in [-0.15, -0.1) is 0 Å². The standard InChI is InChI=1S/C20H16N2O2/c21-16-12-11-15(19(23)13-7-3-1-4-8-13)17(18(16)22)20(24)14-9-5-2-6-10-14/h1-12H,21-22H2. The third-order valence-corrected chi connectivity index (χ3v) is 3.82. The third-order valence-electron chi connectivity index (χ3n) is 3.82. The summed E-state index contributed by atoms with van der Waals surface area (Å²) in [5.74, 6) is -0.582. The van der Waals surface area contributed by atoms with E-state index in [2.05, 4.69) is 0 Å². The summed E-state index contributed by atoms with van der Waals surface area (Å²) in [6.45, 7) is 0. The van der Waals surface area contributed by atoms with Crippen LogP contribution in [0, 0.1) is 0 Å². The largest absolute Gasteiger partial charge is 0.397 e. The Morgan fingerprint density at radius 1 is 0.625 bits per heavy atom. The van der Waals surface area contributed by atoms with Crippen LogP contribution in [0.15, 0.2) is 72.8 Å². The van der Waals surface area contributed by atoms with Gasteiger partial charge in [0.2, 0.25) is 0 Å². The van der Waals surface area contributed by atoms with Gasteiger partial charge >= 0.3 is 0 Å². The van der Waals surface area contributed by atoms with Crippen molar-refractivity contribution >= 4 is 22.9 Å². The number of carbonyl (C=O) groups excluding carboxylic acids is 2. The molecule has 0 aromatic heterocycles. The topological polar surface area (TPSA) is 86.2 Å². The fraction of sp³-hybridized carbons (Fsp3) is 0. The minimum absolute atomic E-state index is 0.130. The summed E-state index contributed by atoms with van der Waals surface area (Å²) in [5, 5.41) is 0. The van der Waals surface area contributed by atoms with Crippen LogP contribution in [-0.2, 0) is 0 Å². The number of hydrogen-bond donors (Lipinski definition) is 2. The number of hydrogen-bond acceptors (Lipinski definition) is 4. The van der Waals surface area contributed by atoms with Gasteiger partial charge in [0, 0.05) is 16.7 Å². The number of anilines is 2. The van der Waals surface area contributed by atoms with E-state index < -0.39 is 0 Å². The van der Waals surface area contributed by atoms with Gasteiger partial charge in [0.15, 0.2) is 11.6 Å². The minimum Gasteiger partial charge on any atom is -0.397 e. The predicted molar refractivity (Wildman–Crippen MR) is 95.0 cm³/mol. The van der Waals surface area contributed by atoms with Crippen LogP contribution < -0.4 is 11.5 Å². The number of nitrogens with two attached hydrogens (primary N) is 2. The third kappa shape index (κ3) is 2.77. The van der Waals surface area contributed by atoms with Crippen molar-refractivity contribution in [1.82, 2.24) is 0 Å². The molecule has 4 heteroatoms. The molecule has 3 aromatic rings. The Hall–Kier alpha value is -3.40. The van der Waals surface area contributed by atoms with Crippen LogP contribution in [0.2, 0.25) is 0 Å². The molecule has 0 bridgehead atoms. The first-order chi connectivity index (χ1) is 11.6. The Morgan fingerprint density at radius 2 is 1.12 bits per heavy atom. The molecule has 0 saturated heterocycles. The maximum Gasteiger partial charge on any atom is 0.195 e. The first-order valence-electron chi connectivity index (χ1n) is 7.47. The van der Waals surface area contributed by atoms with E-state index >= 15 is 0 Å². The van der Waals surface area contributed by atoms with Crippen LogP contribution in [0.4, 0.5) is 11.4 Å². The van der Waals surface area contributed by atoms with Crippen molar-refractivity contribution < 1.29 is 9.59 Å². The fourth-order valence-electron chi connectivity index (χ4n) is 2.55. The minimum atomic E-state index is -0.320. The van der Waals surface area contributed by atoms with Gasteiger partial charge in [0.25, 0.3) is 0 Å². The van der Waals surface area contributed by atoms with Crippen LogP contribution in [0.5, 0.6) is 0 Å². The molecule has 4 N–H and O–H groups in total. The lowest BCUT2D eigenvalue weighted by Gasteiger charge is -2.13. The first kappa shape index (κ1) is 15.5. The van der Waals surface area contributed by atoms with Crippen LogP contribution in [0.1, 0.15) is 31.8 Å². The highest BCUT2D eigenvalue weighted by molar-refractivity contribution is 6.22. The summed E-state index contributed by atoms with van der Waals surface area (Å²) < 4.78 is 0. The average molecular weight is 316 g/mol. The predicted octanol–water partition coefficient (Wildman–Crippen LogP) is 3.31. The zero-order valence-corrected chi connectivity index (χ0v) is 12.9. The van der Waals surface area contributed by atoms with Crippen molar-refractivity contribution in [3.05, 3.63) is 95.1 Å². The highest BCUT2D eigenvalue weighted by Crippen LogP contribution is 2.28. The van der Waals surface area contributed by atoms with Gasteiger partial charge in [-0.2, -0.15) is 0 Å². The molecule has 0 fully saturated rings. The normalized spacial score (nSPS) is 10.3. The van der Waals surface area contributed by atoms with E-state index in [1.807, 2.05) is 12.1 Å². The van der Waals surface area contributed by atoms with Crippen LogP contribution in [0.3, 0.4) is 0 Å². The van der Waals surface area contributed by atoms with Gasteiger partial charge in [-0.05, 0) is 12.1 Å². The first-order valence-corrected chi connectivity index (χ1v) is 7.47. The van der Waals surface area contributed by atoms with Crippen molar-refractivity contribution in [2.45, 2.75) is 0 Å². The monoisotopic (exact) mass is 316 g/mol. The lowest BCUT2D eigenvalue weighted by atomic mass is 9.91. The Kier molecular flexibility index (Phi) is 4.12. The summed E-state index contributed by atoms with van der Waals surface area (Å²) in [6, 6.07) is 20.6. The summed E-state index contributed by atoms with van der Waals surface area (Å²) in [4.78, 5) is 25.7. The van der Waals surface area contributed by atoms with Gasteiger partial charge in [-0.25, -0.2) is 0 Å². The molecule has 24 heavy (non-hydrogen) atoms. The summed E-state index contributed by atoms with van der Waals surface area (Å²) >= 11 is 0. The average Bonchev–Trinajstić information content (AvgIpc) is 2.64. The number of rotatable bonds is 4. The highest BCUT2D eigenvalue weighted by atomic mass is 16.1. The SMILES string of the molecule is Nc1ccc(C(=O)c2ccccc2)c(C(=O)c2ccccc2)c1N. The molecule has 0 saturated carbocycles.